The van der Waals surface area contributed by atoms with Crippen LogP contribution >= 0.6 is 11.8 Å². The molecular formula is C23H23N5O3S. The highest BCUT2D eigenvalue weighted by atomic mass is 32.2. The molecule has 0 bridgehead atoms. The van der Waals surface area contributed by atoms with E-state index >= 15 is 0 Å². The molecule has 1 N–H and O–H groups in total. The number of nitrogens with one attached hydrogen (secondary N) is 1. The molecule has 8 nitrogen and oxygen atoms in total. The molecule has 2 aromatic carbocycles. The van der Waals surface area contributed by atoms with Crippen molar-refractivity contribution in [3.8, 4) is 5.69 Å². The molecule has 1 saturated carbocycles. The molecule has 2 heterocycles. The minimum Gasteiger partial charge on any atom is -0.408 e. The molecule has 9 heteroatoms. The van der Waals surface area contributed by atoms with Crippen LogP contribution in [0.3, 0.4) is 0 Å². The number of rotatable bonds is 8. The number of amides is 1. The van der Waals surface area contributed by atoms with E-state index in [2.05, 4.69) is 20.1 Å². The lowest BCUT2D eigenvalue weighted by Gasteiger charge is -2.12. The third-order valence-electron chi connectivity index (χ3n) is 5.36. The van der Waals surface area contributed by atoms with Gasteiger partial charge in [0.25, 0.3) is 0 Å². The highest BCUT2D eigenvalue weighted by Gasteiger charge is 2.31. The summed E-state index contributed by atoms with van der Waals surface area (Å²) in [5.74, 6) is 1.73. The Balaban J connectivity index is 1.33. The van der Waals surface area contributed by atoms with Gasteiger partial charge in [-0.3, -0.25) is 13.9 Å². The van der Waals surface area contributed by atoms with E-state index in [0.717, 1.165) is 52.9 Å². The van der Waals surface area contributed by atoms with Gasteiger partial charge >= 0.3 is 5.76 Å². The second kappa shape index (κ2) is 8.66. The van der Waals surface area contributed by atoms with Gasteiger partial charge in [0.1, 0.15) is 5.82 Å². The normalized spacial score (nSPS) is 13.5. The summed E-state index contributed by atoms with van der Waals surface area (Å²) in [7, 11) is 0. The van der Waals surface area contributed by atoms with Crippen LogP contribution in [0.5, 0.6) is 0 Å². The minimum absolute atomic E-state index is 0.107. The van der Waals surface area contributed by atoms with Crippen molar-refractivity contribution < 1.29 is 9.21 Å². The lowest BCUT2D eigenvalue weighted by Crippen LogP contribution is -2.14. The number of oxazole rings is 1. The van der Waals surface area contributed by atoms with E-state index in [1.54, 1.807) is 22.4 Å². The number of anilines is 1. The van der Waals surface area contributed by atoms with E-state index < -0.39 is 0 Å². The number of benzene rings is 2. The molecule has 2 aromatic heterocycles. The van der Waals surface area contributed by atoms with E-state index in [4.69, 9.17) is 4.42 Å². The molecule has 0 radical (unpaired) electrons. The van der Waals surface area contributed by atoms with Crippen molar-refractivity contribution in [1.29, 1.82) is 0 Å². The summed E-state index contributed by atoms with van der Waals surface area (Å²) in [6.07, 6.45) is 3.01. The predicted octanol–water partition coefficient (Wildman–Crippen LogP) is 4.19. The molecule has 4 aromatic rings. The zero-order chi connectivity index (χ0) is 22.1. The summed E-state index contributed by atoms with van der Waals surface area (Å²) in [5.41, 5.74) is 3.10. The van der Waals surface area contributed by atoms with Crippen LogP contribution in [-0.2, 0) is 11.3 Å². The number of hydrogen-bond donors (Lipinski definition) is 1. The van der Waals surface area contributed by atoms with Crippen LogP contribution in [0.1, 0.15) is 37.9 Å². The van der Waals surface area contributed by atoms with Crippen molar-refractivity contribution in [2.24, 2.45) is 0 Å². The number of aromatic nitrogens is 4. The molecule has 0 aliphatic heterocycles. The minimum atomic E-state index is -0.329. The molecule has 0 saturated heterocycles. The number of para-hydroxylation sites is 2. The van der Waals surface area contributed by atoms with Crippen LogP contribution in [0.25, 0.3) is 16.8 Å². The Kier molecular flexibility index (Phi) is 5.57. The molecule has 1 amide bonds. The van der Waals surface area contributed by atoms with Gasteiger partial charge in [0.2, 0.25) is 5.91 Å². The number of aryl methyl sites for hydroxylation is 1. The SMILES string of the molecule is CC(=O)Nc1cccc(-n2c(SCCCn3c(=O)oc4ccccc43)nnc2C2CC2)c1. The van der Waals surface area contributed by atoms with Gasteiger partial charge in [-0.15, -0.1) is 10.2 Å². The number of fused-ring (bicyclic) bond motifs is 1. The van der Waals surface area contributed by atoms with Crippen LogP contribution in [0.15, 0.2) is 62.9 Å². The monoisotopic (exact) mass is 449 g/mol. The van der Waals surface area contributed by atoms with Crippen LogP contribution < -0.4 is 11.1 Å². The van der Waals surface area contributed by atoms with Crippen molar-refractivity contribution in [3.63, 3.8) is 0 Å². The summed E-state index contributed by atoms with van der Waals surface area (Å²) in [6, 6.07) is 15.2. The van der Waals surface area contributed by atoms with Gasteiger partial charge in [-0.25, -0.2) is 4.79 Å². The van der Waals surface area contributed by atoms with Gasteiger partial charge in [0, 0.05) is 30.8 Å². The fourth-order valence-corrected chi connectivity index (χ4v) is 4.64. The first-order chi connectivity index (χ1) is 15.6. The van der Waals surface area contributed by atoms with Crippen molar-refractivity contribution in [2.75, 3.05) is 11.1 Å². The van der Waals surface area contributed by atoms with Gasteiger partial charge in [0.15, 0.2) is 10.7 Å². The first kappa shape index (κ1) is 20.6. The predicted molar refractivity (Wildman–Crippen MR) is 123 cm³/mol. The standard InChI is InChI=1S/C23H23N5O3S/c1-15(29)24-17-6-4-7-18(14-17)28-21(16-10-11-16)25-26-22(28)32-13-5-12-27-19-8-2-3-9-20(19)31-23(27)30/h2-4,6-9,14,16H,5,10-13H2,1H3,(H,24,29). The van der Waals surface area contributed by atoms with Crippen molar-refractivity contribution in [2.45, 2.75) is 43.8 Å². The molecular weight excluding hydrogens is 426 g/mol. The van der Waals surface area contributed by atoms with Gasteiger partial charge in [-0.1, -0.05) is 30.0 Å². The van der Waals surface area contributed by atoms with Crippen LogP contribution in [0.4, 0.5) is 5.69 Å². The van der Waals surface area contributed by atoms with Crippen molar-refractivity contribution in [3.05, 3.63) is 64.9 Å². The number of carbonyl (C=O) groups excluding carboxylic acids is 1. The number of carbonyl (C=O) groups is 1. The van der Waals surface area contributed by atoms with Gasteiger partial charge in [0.05, 0.1) is 11.2 Å². The zero-order valence-corrected chi connectivity index (χ0v) is 18.5. The fourth-order valence-electron chi connectivity index (χ4n) is 3.76. The molecule has 1 aliphatic rings. The van der Waals surface area contributed by atoms with Gasteiger partial charge < -0.3 is 9.73 Å². The second-order valence-electron chi connectivity index (χ2n) is 7.87. The Labute approximate surface area is 188 Å². The Morgan fingerprint density at radius 1 is 1.19 bits per heavy atom. The van der Waals surface area contributed by atoms with E-state index in [0.29, 0.717) is 18.0 Å². The van der Waals surface area contributed by atoms with Gasteiger partial charge in [-0.05, 0) is 49.6 Å². The molecule has 5 rings (SSSR count). The molecule has 0 spiro atoms. The zero-order valence-electron chi connectivity index (χ0n) is 17.7. The van der Waals surface area contributed by atoms with Crippen molar-refractivity contribution >= 4 is 34.5 Å². The second-order valence-corrected chi connectivity index (χ2v) is 8.93. The number of hydrogen-bond acceptors (Lipinski definition) is 6. The van der Waals surface area contributed by atoms with Crippen LogP contribution in [-0.4, -0.2) is 31.0 Å². The van der Waals surface area contributed by atoms with Crippen LogP contribution in [0.2, 0.25) is 0 Å². The highest BCUT2D eigenvalue weighted by Crippen LogP contribution is 2.41. The average Bonchev–Trinajstić information content (AvgIpc) is 3.45. The van der Waals surface area contributed by atoms with E-state index in [9.17, 15) is 9.59 Å². The molecule has 0 atom stereocenters. The largest absolute Gasteiger partial charge is 0.419 e. The maximum Gasteiger partial charge on any atom is 0.419 e. The molecule has 1 fully saturated rings. The number of thioether (sulfide) groups is 1. The summed E-state index contributed by atoms with van der Waals surface area (Å²) in [4.78, 5) is 23.6. The van der Waals surface area contributed by atoms with Crippen LogP contribution in [0, 0.1) is 0 Å². The molecule has 164 valence electrons. The maximum absolute atomic E-state index is 12.2. The summed E-state index contributed by atoms with van der Waals surface area (Å²) >= 11 is 1.62. The third kappa shape index (κ3) is 4.20. The Morgan fingerprint density at radius 2 is 2.03 bits per heavy atom. The molecule has 0 unspecified atom stereocenters. The van der Waals surface area contributed by atoms with E-state index in [-0.39, 0.29) is 11.7 Å². The quantitative estimate of drug-likeness (QED) is 0.320. The smallest absolute Gasteiger partial charge is 0.408 e. The van der Waals surface area contributed by atoms with Crippen molar-refractivity contribution in [1.82, 2.24) is 19.3 Å². The lowest BCUT2D eigenvalue weighted by molar-refractivity contribution is -0.114. The molecule has 32 heavy (non-hydrogen) atoms. The Hall–Kier alpha value is -3.33. The summed E-state index contributed by atoms with van der Waals surface area (Å²) in [5, 5.41) is 12.6. The maximum atomic E-state index is 12.2. The lowest BCUT2D eigenvalue weighted by atomic mass is 10.2. The first-order valence-corrected chi connectivity index (χ1v) is 11.6. The Morgan fingerprint density at radius 3 is 2.84 bits per heavy atom. The third-order valence-corrected chi connectivity index (χ3v) is 6.37. The first-order valence-electron chi connectivity index (χ1n) is 10.6. The summed E-state index contributed by atoms with van der Waals surface area (Å²) in [6.45, 7) is 2.07. The summed E-state index contributed by atoms with van der Waals surface area (Å²) < 4.78 is 9.07. The van der Waals surface area contributed by atoms with E-state index in [1.807, 2.05) is 42.5 Å². The fraction of sp³-hybridized carbons (Fsp3) is 0.304. The van der Waals surface area contributed by atoms with E-state index in [1.165, 1.54) is 6.92 Å². The van der Waals surface area contributed by atoms with Gasteiger partial charge in [-0.2, -0.15) is 0 Å². The Bertz CT molecular complexity index is 1330. The molecule has 1 aliphatic carbocycles. The highest BCUT2D eigenvalue weighted by molar-refractivity contribution is 7.99. The topological polar surface area (TPSA) is 95.0 Å². The average molecular weight is 450 g/mol. The number of nitrogens with zero attached hydrogens (tertiary/aromatic N) is 4.